The quantitative estimate of drug-likeness (QED) is 0.832. The first-order valence-corrected chi connectivity index (χ1v) is 10.2. The maximum absolute atomic E-state index is 13.0. The van der Waals surface area contributed by atoms with Gasteiger partial charge in [-0.1, -0.05) is 19.3 Å². The van der Waals surface area contributed by atoms with Gasteiger partial charge in [-0.25, -0.2) is 8.42 Å². The number of pyridine rings is 1. The SMILES string of the molecule is O=C(C1CCCCS1(=O)=O)N1CCCCCC1c1ccncc1. The van der Waals surface area contributed by atoms with E-state index in [1.807, 2.05) is 17.0 Å². The van der Waals surface area contributed by atoms with Crippen LogP contribution >= 0.6 is 0 Å². The molecule has 1 aromatic rings. The van der Waals surface area contributed by atoms with Gasteiger partial charge in [0.15, 0.2) is 9.84 Å². The van der Waals surface area contributed by atoms with E-state index in [2.05, 4.69) is 4.98 Å². The summed E-state index contributed by atoms with van der Waals surface area (Å²) in [6, 6.07) is 3.85. The Kier molecular flexibility index (Phi) is 4.99. The van der Waals surface area contributed by atoms with Crippen LogP contribution in [-0.2, 0) is 14.6 Å². The summed E-state index contributed by atoms with van der Waals surface area (Å²) in [6.07, 6.45) is 9.43. The van der Waals surface area contributed by atoms with E-state index in [0.717, 1.165) is 37.7 Å². The van der Waals surface area contributed by atoms with E-state index in [1.54, 1.807) is 12.4 Å². The number of rotatable bonds is 2. The normalized spacial score (nSPS) is 28.1. The Bertz CT molecular complexity index is 645. The summed E-state index contributed by atoms with van der Waals surface area (Å²) >= 11 is 0. The molecule has 0 N–H and O–H groups in total. The van der Waals surface area contributed by atoms with Crippen LogP contribution < -0.4 is 0 Å². The molecule has 6 heteroatoms. The monoisotopic (exact) mass is 336 g/mol. The van der Waals surface area contributed by atoms with Crippen molar-refractivity contribution in [1.29, 1.82) is 0 Å². The van der Waals surface area contributed by atoms with Gasteiger partial charge in [0.2, 0.25) is 5.91 Å². The third-order valence-corrected chi connectivity index (χ3v) is 7.14. The molecule has 3 heterocycles. The van der Waals surface area contributed by atoms with E-state index in [4.69, 9.17) is 0 Å². The van der Waals surface area contributed by atoms with Crippen molar-refractivity contribution in [3.63, 3.8) is 0 Å². The minimum atomic E-state index is -3.29. The average Bonchev–Trinajstić information content (AvgIpc) is 2.80. The molecule has 2 saturated heterocycles. The number of carbonyl (C=O) groups is 1. The number of likely N-dealkylation sites (tertiary alicyclic amines) is 1. The molecule has 5 nitrogen and oxygen atoms in total. The molecule has 23 heavy (non-hydrogen) atoms. The lowest BCUT2D eigenvalue weighted by atomic mass is 10.0. The Hall–Kier alpha value is -1.43. The highest BCUT2D eigenvalue weighted by Crippen LogP contribution is 2.32. The molecule has 0 aliphatic carbocycles. The highest BCUT2D eigenvalue weighted by Gasteiger charge is 2.39. The molecule has 0 aromatic carbocycles. The Labute approximate surface area is 138 Å². The molecule has 2 unspecified atom stereocenters. The molecule has 0 spiro atoms. The van der Waals surface area contributed by atoms with Crippen LogP contribution in [0.2, 0.25) is 0 Å². The lowest BCUT2D eigenvalue weighted by Gasteiger charge is -2.34. The standard InChI is InChI=1S/C17H24N2O3S/c20-17(16-7-3-5-13-23(16,21)22)19-12-4-1-2-6-15(19)14-8-10-18-11-9-14/h8-11,15-16H,1-7,12-13H2. The van der Waals surface area contributed by atoms with Gasteiger partial charge in [-0.2, -0.15) is 0 Å². The first-order valence-electron chi connectivity index (χ1n) is 8.51. The zero-order chi connectivity index (χ0) is 16.3. The van der Waals surface area contributed by atoms with Crippen LogP contribution in [0.1, 0.15) is 56.6 Å². The molecule has 1 aromatic heterocycles. The third-order valence-electron chi connectivity index (χ3n) is 4.98. The smallest absolute Gasteiger partial charge is 0.241 e. The van der Waals surface area contributed by atoms with E-state index < -0.39 is 15.1 Å². The van der Waals surface area contributed by atoms with Crippen LogP contribution in [0.4, 0.5) is 0 Å². The zero-order valence-electron chi connectivity index (χ0n) is 13.4. The molecule has 1 amide bonds. The van der Waals surface area contributed by atoms with Crippen LogP contribution in [0.5, 0.6) is 0 Å². The van der Waals surface area contributed by atoms with Gasteiger partial charge in [0.25, 0.3) is 0 Å². The van der Waals surface area contributed by atoms with Crippen molar-refractivity contribution in [2.45, 2.75) is 56.2 Å². The summed E-state index contributed by atoms with van der Waals surface area (Å²) in [7, 11) is -3.29. The van der Waals surface area contributed by atoms with Crippen molar-refractivity contribution in [3.8, 4) is 0 Å². The predicted molar refractivity (Wildman–Crippen MR) is 88.6 cm³/mol. The first-order chi connectivity index (χ1) is 11.1. The number of amides is 1. The van der Waals surface area contributed by atoms with E-state index >= 15 is 0 Å². The lowest BCUT2D eigenvalue weighted by molar-refractivity contribution is -0.133. The molecule has 2 aliphatic heterocycles. The molecule has 2 aliphatic rings. The maximum atomic E-state index is 13.0. The number of nitrogens with zero attached hydrogens (tertiary/aromatic N) is 2. The molecule has 0 radical (unpaired) electrons. The molecule has 2 fully saturated rings. The van der Waals surface area contributed by atoms with Gasteiger partial charge >= 0.3 is 0 Å². The van der Waals surface area contributed by atoms with Crippen LogP contribution in [-0.4, -0.2) is 41.8 Å². The number of sulfone groups is 1. The fourth-order valence-corrected chi connectivity index (χ4v) is 5.58. The van der Waals surface area contributed by atoms with E-state index in [9.17, 15) is 13.2 Å². The van der Waals surface area contributed by atoms with Gasteiger partial charge in [0.1, 0.15) is 5.25 Å². The number of carbonyl (C=O) groups excluding carboxylic acids is 1. The molecular formula is C17H24N2O3S. The second kappa shape index (κ2) is 6.99. The van der Waals surface area contributed by atoms with Crippen LogP contribution in [0.25, 0.3) is 0 Å². The van der Waals surface area contributed by atoms with Crippen LogP contribution in [0.3, 0.4) is 0 Å². The van der Waals surface area contributed by atoms with Crippen molar-refractivity contribution in [3.05, 3.63) is 30.1 Å². The Morgan fingerprint density at radius 3 is 2.52 bits per heavy atom. The van der Waals surface area contributed by atoms with Gasteiger partial charge < -0.3 is 4.90 Å². The molecular weight excluding hydrogens is 312 g/mol. The summed E-state index contributed by atoms with van der Waals surface area (Å²) in [4.78, 5) is 18.9. The summed E-state index contributed by atoms with van der Waals surface area (Å²) in [5.74, 6) is -0.0367. The Morgan fingerprint density at radius 1 is 1.04 bits per heavy atom. The van der Waals surface area contributed by atoms with E-state index in [0.29, 0.717) is 19.4 Å². The topological polar surface area (TPSA) is 67.3 Å². The molecule has 0 bridgehead atoms. The van der Waals surface area contributed by atoms with E-state index in [-0.39, 0.29) is 17.7 Å². The largest absolute Gasteiger partial charge is 0.335 e. The molecule has 2 atom stereocenters. The molecule has 3 rings (SSSR count). The fraction of sp³-hybridized carbons (Fsp3) is 0.647. The lowest BCUT2D eigenvalue weighted by Crippen LogP contribution is -2.46. The van der Waals surface area contributed by atoms with Crippen molar-refractivity contribution >= 4 is 15.7 Å². The Balaban J connectivity index is 1.89. The van der Waals surface area contributed by atoms with Gasteiger partial charge in [0.05, 0.1) is 11.8 Å². The van der Waals surface area contributed by atoms with Crippen LogP contribution in [0, 0.1) is 0 Å². The summed E-state index contributed by atoms with van der Waals surface area (Å²) in [5.41, 5.74) is 1.06. The Morgan fingerprint density at radius 2 is 1.78 bits per heavy atom. The zero-order valence-corrected chi connectivity index (χ0v) is 14.2. The van der Waals surface area contributed by atoms with E-state index in [1.165, 1.54) is 0 Å². The summed E-state index contributed by atoms with van der Waals surface area (Å²) in [5, 5.41) is -0.835. The fourth-order valence-electron chi connectivity index (χ4n) is 3.72. The first kappa shape index (κ1) is 16.4. The second-order valence-electron chi connectivity index (χ2n) is 6.53. The number of aromatic nitrogens is 1. The van der Waals surface area contributed by atoms with Crippen molar-refractivity contribution in [2.75, 3.05) is 12.3 Å². The highest BCUT2D eigenvalue weighted by molar-refractivity contribution is 7.92. The van der Waals surface area contributed by atoms with Gasteiger partial charge in [-0.05, 0) is 43.4 Å². The maximum Gasteiger partial charge on any atom is 0.241 e. The minimum Gasteiger partial charge on any atom is -0.335 e. The number of hydrogen-bond acceptors (Lipinski definition) is 4. The minimum absolute atomic E-state index is 0.0230. The third kappa shape index (κ3) is 3.57. The summed E-state index contributed by atoms with van der Waals surface area (Å²) in [6.45, 7) is 0.651. The van der Waals surface area contributed by atoms with Crippen LogP contribution in [0.15, 0.2) is 24.5 Å². The average molecular weight is 336 g/mol. The second-order valence-corrected chi connectivity index (χ2v) is 8.83. The molecule has 126 valence electrons. The van der Waals surface area contributed by atoms with Gasteiger partial charge in [-0.3, -0.25) is 9.78 Å². The van der Waals surface area contributed by atoms with Crippen molar-refractivity contribution in [2.24, 2.45) is 0 Å². The van der Waals surface area contributed by atoms with Gasteiger partial charge in [0, 0.05) is 18.9 Å². The molecule has 0 saturated carbocycles. The summed E-state index contributed by atoms with van der Waals surface area (Å²) < 4.78 is 24.7. The predicted octanol–water partition coefficient (Wildman–Crippen LogP) is 2.49. The van der Waals surface area contributed by atoms with Crippen molar-refractivity contribution < 1.29 is 13.2 Å². The highest BCUT2D eigenvalue weighted by atomic mass is 32.2. The van der Waals surface area contributed by atoms with Gasteiger partial charge in [-0.15, -0.1) is 0 Å². The number of hydrogen-bond donors (Lipinski definition) is 0. The van der Waals surface area contributed by atoms with Crippen molar-refractivity contribution in [1.82, 2.24) is 9.88 Å².